The van der Waals surface area contributed by atoms with Crippen molar-refractivity contribution in [2.24, 2.45) is 0 Å². The Bertz CT molecular complexity index is 441. The van der Waals surface area contributed by atoms with Gasteiger partial charge in [-0.05, 0) is 52.4 Å². The monoisotopic (exact) mass is 290 g/mol. The third-order valence-corrected chi connectivity index (χ3v) is 4.61. The summed E-state index contributed by atoms with van der Waals surface area (Å²) in [6.07, 6.45) is 3.18. The molecule has 0 radical (unpaired) electrons. The van der Waals surface area contributed by atoms with E-state index in [-0.39, 0.29) is 5.54 Å². The Kier molecular flexibility index (Phi) is 5.22. The van der Waals surface area contributed by atoms with Crippen LogP contribution in [0.15, 0.2) is 18.3 Å². The van der Waals surface area contributed by atoms with Crippen LogP contribution in [0.25, 0.3) is 0 Å². The third-order valence-electron chi connectivity index (χ3n) is 4.61. The zero-order chi connectivity index (χ0) is 15.5. The quantitative estimate of drug-likeness (QED) is 0.903. The summed E-state index contributed by atoms with van der Waals surface area (Å²) in [4.78, 5) is 9.51. The van der Waals surface area contributed by atoms with Gasteiger partial charge >= 0.3 is 0 Å². The van der Waals surface area contributed by atoms with E-state index in [2.05, 4.69) is 67.0 Å². The standard InChI is InChI=1S/C17H30N4/c1-6-9-18-14(2)15-7-8-16(19-12-15)21-11-10-20(5)17(3,4)13-21/h7-8,12,14,18H,6,9-11,13H2,1-5H3. The molecule has 2 heterocycles. The molecule has 118 valence electrons. The van der Waals surface area contributed by atoms with E-state index < -0.39 is 0 Å². The minimum absolute atomic E-state index is 0.203. The fourth-order valence-electron chi connectivity index (χ4n) is 2.76. The second kappa shape index (κ2) is 6.75. The normalized spacial score (nSPS) is 20.5. The van der Waals surface area contributed by atoms with Gasteiger partial charge in [0.25, 0.3) is 0 Å². The summed E-state index contributed by atoms with van der Waals surface area (Å²) in [5.41, 5.74) is 1.47. The van der Waals surface area contributed by atoms with Crippen LogP contribution in [0.4, 0.5) is 5.82 Å². The Morgan fingerprint density at radius 3 is 2.67 bits per heavy atom. The molecule has 0 aliphatic carbocycles. The lowest BCUT2D eigenvalue weighted by molar-refractivity contribution is 0.138. The Balaban J connectivity index is 2.02. The highest BCUT2D eigenvalue weighted by molar-refractivity contribution is 5.41. The van der Waals surface area contributed by atoms with Gasteiger partial charge in [-0.3, -0.25) is 4.90 Å². The molecule has 1 N–H and O–H groups in total. The first-order chi connectivity index (χ1) is 9.94. The lowest BCUT2D eigenvalue weighted by Crippen LogP contribution is -2.57. The molecular formula is C17H30N4. The topological polar surface area (TPSA) is 31.4 Å². The van der Waals surface area contributed by atoms with Crippen LogP contribution in [0.5, 0.6) is 0 Å². The SMILES string of the molecule is CCCNC(C)c1ccc(N2CCN(C)C(C)(C)C2)nc1. The first-order valence-electron chi connectivity index (χ1n) is 8.09. The van der Waals surface area contributed by atoms with Crippen LogP contribution in [0.1, 0.15) is 45.7 Å². The van der Waals surface area contributed by atoms with Crippen molar-refractivity contribution in [1.29, 1.82) is 0 Å². The molecule has 0 spiro atoms. The molecule has 1 aromatic heterocycles. The number of piperazine rings is 1. The van der Waals surface area contributed by atoms with E-state index in [0.29, 0.717) is 6.04 Å². The van der Waals surface area contributed by atoms with Crippen LogP contribution >= 0.6 is 0 Å². The molecule has 21 heavy (non-hydrogen) atoms. The van der Waals surface area contributed by atoms with Gasteiger partial charge in [0, 0.05) is 37.4 Å². The van der Waals surface area contributed by atoms with Crippen molar-refractivity contribution in [3.8, 4) is 0 Å². The summed E-state index contributed by atoms with van der Waals surface area (Å²) >= 11 is 0. The van der Waals surface area contributed by atoms with Gasteiger partial charge in [-0.15, -0.1) is 0 Å². The first-order valence-corrected chi connectivity index (χ1v) is 8.09. The molecule has 1 unspecified atom stereocenters. The molecular weight excluding hydrogens is 260 g/mol. The second-order valence-electron chi connectivity index (χ2n) is 6.78. The highest BCUT2D eigenvalue weighted by atomic mass is 15.3. The van der Waals surface area contributed by atoms with Gasteiger partial charge < -0.3 is 10.2 Å². The number of likely N-dealkylation sites (N-methyl/N-ethyl adjacent to an activating group) is 1. The molecule has 0 amide bonds. The van der Waals surface area contributed by atoms with Gasteiger partial charge in [0.05, 0.1) is 0 Å². The Hall–Kier alpha value is -1.13. The van der Waals surface area contributed by atoms with E-state index in [1.54, 1.807) is 0 Å². The number of nitrogens with one attached hydrogen (secondary N) is 1. The average Bonchev–Trinajstić information content (AvgIpc) is 2.47. The molecule has 1 atom stereocenters. The van der Waals surface area contributed by atoms with E-state index in [1.165, 1.54) is 5.56 Å². The fraction of sp³-hybridized carbons (Fsp3) is 0.706. The molecule has 1 aliphatic heterocycles. The largest absolute Gasteiger partial charge is 0.354 e. The van der Waals surface area contributed by atoms with E-state index in [4.69, 9.17) is 0 Å². The zero-order valence-electron chi connectivity index (χ0n) is 14.2. The second-order valence-corrected chi connectivity index (χ2v) is 6.78. The summed E-state index contributed by atoms with van der Waals surface area (Å²) in [7, 11) is 2.20. The first kappa shape index (κ1) is 16.2. The van der Waals surface area contributed by atoms with Gasteiger partial charge in [0.1, 0.15) is 5.82 Å². The molecule has 1 aliphatic rings. The molecule has 2 rings (SSSR count). The van der Waals surface area contributed by atoms with E-state index in [9.17, 15) is 0 Å². The summed E-state index contributed by atoms with van der Waals surface area (Å²) in [6.45, 7) is 13.2. The molecule has 0 aromatic carbocycles. The Labute approximate surface area is 129 Å². The summed E-state index contributed by atoms with van der Waals surface area (Å²) < 4.78 is 0. The predicted octanol–water partition coefficient (Wildman–Crippen LogP) is 2.67. The lowest BCUT2D eigenvalue weighted by atomic mass is 10.00. The van der Waals surface area contributed by atoms with Crippen molar-refractivity contribution in [3.63, 3.8) is 0 Å². The van der Waals surface area contributed by atoms with Crippen LogP contribution in [0.2, 0.25) is 0 Å². The Morgan fingerprint density at radius 1 is 1.33 bits per heavy atom. The zero-order valence-corrected chi connectivity index (χ0v) is 14.2. The number of aromatic nitrogens is 1. The number of rotatable bonds is 5. The number of hydrogen-bond donors (Lipinski definition) is 1. The lowest BCUT2D eigenvalue weighted by Gasteiger charge is -2.45. The maximum atomic E-state index is 4.69. The highest BCUT2D eigenvalue weighted by Gasteiger charge is 2.31. The summed E-state index contributed by atoms with van der Waals surface area (Å²) in [5, 5.41) is 3.51. The number of hydrogen-bond acceptors (Lipinski definition) is 4. The van der Waals surface area contributed by atoms with E-state index in [1.807, 2.05) is 6.20 Å². The summed E-state index contributed by atoms with van der Waals surface area (Å²) in [5.74, 6) is 1.10. The number of nitrogens with zero attached hydrogens (tertiary/aromatic N) is 3. The van der Waals surface area contributed by atoms with Crippen LogP contribution in [0, 0.1) is 0 Å². The Morgan fingerprint density at radius 2 is 2.10 bits per heavy atom. The molecule has 0 saturated carbocycles. The highest BCUT2D eigenvalue weighted by Crippen LogP contribution is 2.23. The maximum absolute atomic E-state index is 4.69. The molecule has 4 heteroatoms. The van der Waals surface area contributed by atoms with Crippen LogP contribution in [0.3, 0.4) is 0 Å². The van der Waals surface area contributed by atoms with Gasteiger partial charge in [-0.25, -0.2) is 4.98 Å². The van der Waals surface area contributed by atoms with E-state index >= 15 is 0 Å². The maximum Gasteiger partial charge on any atom is 0.128 e. The van der Waals surface area contributed by atoms with E-state index in [0.717, 1.165) is 38.4 Å². The molecule has 1 fully saturated rings. The van der Waals surface area contributed by atoms with Crippen LogP contribution < -0.4 is 10.2 Å². The van der Waals surface area contributed by atoms with Crippen molar-refractivity contribution < 1.29 is 0 Å². The van der Waals surface area contributed by atoms with Gasteiger partial charge in [-0.2, -0.15) is 0 Å². The van der Waals surface area contributed by atoms with Crippen molar-refractivity contribution in [3.05, 3.63) is 23.9 Å². The smallest absolute Gasteiger partial charge is 0.128 e. The molecule has 4 nitrogen and oxygen atoms in total. The van der Waals surface area contributed by atoms with Crippen molar-refractivity contribution in [2.45, 2.75) is 45.7 Å². The number of anilines is 1. The van der Waals surface area contributed by atoms with Crippen LogP contribution in [-0.4, -0.2) is 48.6 Å². The minimum atomic E-state index is 0.203. The molecule has 0 bridgehead atoms. The number of pyridine rings is 1. The fourth-order valence-corrected chi connectivity index (χ4v) is 2.76. The molecule has 1 aromatic rings. The summed E-state index contributed by atoms with van der Waals surface area (Å²) in [6, 6.07) is 4.75. The van der Waals surface area contributed by atoms with Gasteiger partial charge in [0.2, 0.25) is 0 Å². The van der Waals surface area contributed by atoms with Crippen molar-refractivity contribution in [2.75, 3.05) is 38.1 Å². The average molecular weight is 290 g/mol. The van der Waals surface area contributed by atoms with Gasteiger partial charge in [-0.1, -0.05) is 13.0 Å². The van der Waals surface area contributed by atoms with Crippen LogP contribution in [-0.2, 0) is 0 Å². The minimum Gasteiger partial charge on any atom is -0.354 e. The molecule has 1 saturated heterocycles. The van der Waals surface area contributed by atoms with Crippen molar-refractivity contribution >= 4 is 5.82 Å². The van der Waals surface area contributed by atoms with Crippen molar-refractivity contribution in [1.82, 2.24) is 15.2 Å². The third kappa shape index (κ3) is 3.95. The predicted molar refractivity (Wildman–Crippen MR) is 89.9 cm³/mol. The van der Waals surface area contributed by atoms with Gasteiger partial charge in [0.15, 0.2) is 0 Å².